The van der Waals surface area contributed by atoms with E-state index in [0.717, 1.165) is 36.9 Å². The summed E-state index contributed by atoms with van der Waals surface area (Å²) in [6, 6.07) is 5.83. The van der Waals surface area contributed by atoms with Crippen LogP contribution in [0.15, 0.2) is 24.3 Å². The summed E-state index contributed by atoms with van der Waals surface area (Å²) >= 11 is 0. The van der Waals surface area contributed by atoms with Crippen LogP contribution >= 0.6 is 0 Å². The zero-order valence-electron chi connectivity index (χ0n) is 15.9. The molecule has 0 spiro atoms. The number of aromatic nitrogens is 2. The van der Waals surface area contributed by atoms with Crippen LogP contribution in [0.5, 0.6) is 0 Å². The van der Waals surface area contributed by atoms with Crippen LogP contribution in [0.1, 0.15) is 54.4 Å². The summed E-state index contributed by atoms with van der Waals surface area (Å²) in [5, 5.41) is 14.1. The number of carboxylic acids is 1. The Morgan fingerprint density at radius 2 is 2.00 bits per heavy atom. The fourth-order valence-corrected chi connectivity index (χ4v) is 4.49. The number of benzene rings is 1. The molecule has 1 N–H and O–H groups in total. The second-order valence-electron chi connectivity index (χ2n) is 7.70. The zero-order valence-corrected chi connectivity index (χ0v) is 15.9. The van der Waals surface area contributed by atoms with Gasteiger partial charge in [0.2, 0.25) is 0 Å². The molecule has 1 saturated heterocycles. The Morgan fingerprint density at radius 1 is 1.21 bits per heavy atom. The van der Waals surface area contributed by atoms with E-state index in [4.69, 9.17) is 0 Å². The topological polar surface area (TPSA) is 75.4 Å². The molecule has 1 aliphatic carbocycles. The SMILES string of the molecule is C[C@@H]1[C@H](C(=O)O)CCCN1C(=O)c1nn(-c2cccc(F)c2)c2c1CCCC2. The maximum atomic E-state index is 13.7. The lowest BCUT2D eigenvalue weighted by Crippen LogP contribution is -2.49. The molecular weight excluding hydrogens is 361 g/mol. The lowest BCUT2D eigenvalue weighted by Gasteiger charge is -2.37. The van der Waals surface area contributed by atoms with Gasteiger partial charge in [0.15, 0.2) is 5.69 Å². The van der Waals surface area contributed by atoms with E-state index in [-0.39, 0.29) is 17.8 Å². The van der Waals surface area contributed by atoms with Crippen LogP contribution in [0.3, 0.4) is 0 Å². The number of carbonyl (C=O) groups is 2. The van der Waals surface area contributed by atoms with Crippen LogP contribution in [-0.2, 0) is 17.6 Å². The van der Waals surface area contributed by atoms with Crippen molar-refractivity contribution in [2.75, 3.05) is 6.54 Å². The first-order valence-electron chi connectivity index (χ1n) is 9.88. The third-order valence-electron chi connectivity index (χ3n) is 6.00. The second kappa shape index (κ2) is 7.37. The Bertz CT molecular complexity index is 924. The molecular formula is C21H24FN3O3. The second-order valence-corrected chi connectivity index (χ2v) is 7.70. The van der Waals surface area contributed by atoms with E-state index >= 15 is 0 Å². The van der Waals surface area contributed by atoms with Crippen molar-refractivity contribution < 1.29 is 19.1 Å². The number of carboxylic acid groups (broad SMARTS) is 1. The van der Waals surface area contributed by atoms with Gasteiger partial charge in [0.1, 0.15) is 5.82 Å². The van der Waals surface area contributed by atoms with E-state index < -0.39 is 11.9 Å². The molecule has 7 heteroatoms. The molecule has 1 aromatic heterocycles. The van der Waals surface area contributed by atoms with Crippen molar-refractivity contribution in [3.05, 3.63) is 47.0 Å². The van der Waals surface area contributed by atoms with Gasteiger partial charge in [-0.25, -0.2) is 9.07 Å². The molecule has 2 aromatic rings. The molecule has 1 fully saturated rings. The number of amides is 1. The van der Waals surface area contributed by atoms with E-state index in [1.54, 1.807) is 28.6 Å². The van der Waals surface area contributed by atoms with Crippen LogP contribution in [0.2, 0.25) is 0 Å². The Labute approximate surface area is 163 Å². The number of likely N-dealkylation sites (tertiary alicyclic amines) is 1. The van der Waals surface area contributed by atoms with Gasteiger partial charge in [0.25, 0.3) is 5.91 Å². The van der Waals surface area contributed by atoms with Crippen LogP contribution in [0.4, 0.5) is 4.39 Å². The van der Waals surface area contributed by atoms with Crippen LogP contribution in [-0.4, -0.2) is 44.3 Å². The third kappa shape index (κ3) is 3.19. The highest BCUT2D eigenvalue weighted by molar-refractivity contribution is 5.95. The highest BCUT2D eigenvalue weighted by Gasteiger charge is 2.38. The van der Waals surface area contributed by atoms with Crippen molar-refractivity contribution >= 4 is 11.9 Å². The van der Waals surface area contributed by atoms with E-state index in [9.17, 15) is 19.1 Å². The Hall–Kier alpha value is -2.70. The Morgan fingerprint density at radius 3 is 2.75 bits per heavy atom. The molecule has 148 valence electrons. The minimum absolute atomic E-state index is 0.216. The van der Waals surface area contributed by atoms with Crippen molar-refractivity contribution in [2.24, 2.45) is 5.92 Å². The number of nitrogens with zero attached hydrogens (tertiary/aromatic N) is 3. The maximum absolute atomic E-state index is 13.7. The van der Waals surface area contributed by atoms with Gasteiger partial charge in [-0.05, 0) is 63.6 Å². The quantitative estimate of drug-likeness (QED) is 0.880. The number of hydrogen-bond acceptors (Lipinski definition) is 3. The summed E-state index contributed by atoms with van der Waals surface area (Å²) in [4.78, 5) is 26.5. The number of hydrogen-bond donors (Lipinski definition) is 1. The lowest BCUT2D eigenvalue weighted by molar-refractivity contribution is -0.144. The van der Waals surface area contributed by atoms with Crippen molar-refractivity contribution in [1.82, 2.24) is 14.7 Å². The van der Waals surface area contributed by atoms with Gasteiger partial charge in [-0.1, -0.05) is 6.07 Å². The highest BCUT2D eigenvalue weighted by atomic mass is 19.1. The maximum Gasteiger partial charge on any atom is 0.308 e. The van der Waals surface area contributed by atoms with Gasteiger partial charge < -0.3 is 10.0 Å². The largest absolute Gasteiger partial charge is 0.481 e. The number of piperidine rings is 1. The lowest BCUT2D eigenvalue weighted by atomic mass is 9.89. The minimum atomic E-state index is -0.864. The van der Waals surface area contributed by atoms with Crippen molar-refractivity contribution in [2.45, 2.75) is 51.5 Å². The summed E-state index contributed by atoms with van der Waals surface area (Å²) in [6.45, 7) is 2.33. The first kappa shape index (κ1) is 18.7. The monoisotopic (exact) mass is 385 g/mol. The minimum Gasteiger partial charge on any atom is -0.481 e. The molecule has 4 rings (SSSR count). The number of fused-ring (bicyclic) bond motifs is 1. The molecule has 1 amide bonds. The molecule has 0 saturated carbocycles. The number of aliphatic carboxylic acids is 1. The first-order chi connectivity index (χ1) is 13.5. The fourth-order valence-electron chi connectivity index (χ4n) is 4.49. The predicted molar refractivity (Wildman–Crippen MR) is 101 cm³/mol. The van der Waals surface area contributed by atoms with Crippen LogP contribution in [0, 0.1) is 11.7 Å². The summed E-state index contributed by atoms with van der Waals surface area (Å²) < 4.78 is 15.4. The molecule has 2 heterocycles. The van der Waals surface area contributed by atoms with E-state index in [1.807, 2.05) is 0 Å². The summed E-state index contributed by atoms with van der Waals surface area (Å²) in [6.07, 6.45) is 4.78. The highest BCUT2D eigenvalue weighted by Crippen LogP contribution is 2.30. The Kier molecular flexibility index (Phi) is 4.91. The van der Waals surface area contributed by atoms with Gasteiger partial charge in [0, 0.05) is 23.8 Å². The van der Waals surface area contributed by atoms with Crippen molar-refractivity contribution in [3.63, 3.8) is 0 Å². The molecule has 0 unspecified atom stereocenters. The fraction of sp³-hybridized carbons (Fsp3) is 0.476. The Balaban J connectivity index is 1.73. The van der Waals surface area contributed by atoms with E-state index in [0.29, 0.717) is 30.8 Å². The molecule has 2 aliphatic rings. The number of halogens is 1. The van der Waals surface area contributed by atoms with Gasteiger partial charge in [-0.2, -0.15) is 5.10 Å². The molecule has 0 radical (unpaired) electrons. The average Bonchev–Trinajstić information content (AvgIpc) is 3.07. The normalized spacial score (nSPS) is 22.0. The molecule has 2 atom stereocenters. The first-order valence-corrected chi connectivity index (χ1v) is 9.88. The number of carbonyl (C=O) groups excluding carboxylic acids is 1. The van der Waals surface area contributed by atoms with Crippen LogP contribution < -0.4 is 0 Å². The predicted octanol–water partition coefficient (Wildman–Crippen LogP) is 3.22. The van der Waals surface area contributed by atoms with Crippen LogP contribution in [0.25, 0.3) is 5.69 Å². The molecule has 1 aromatic carbocycles. The average molecular weight is 385 g/mol. The standard InChI is InChI=1S/C21H24FN3O3/c1-13-16(21(27)28)9-5-11-24(13)20(26)19-17-8-2-3-10-18(17)25(23-19)15-7-4-6-14(22)12-15/h4,6-7,12-13,16H,2-3,5,8-11H2,1H3,(H,27,28)/t13-,16-/m1/s1. The van der Waals surface area contributed by atoms with Gasteiger partial charge >= 0.3 is 5.97 Å². The number of rotatable bonds is 3. The molecule has 1 aliphatic heterocycles. The van der Waals surface area contributed by atoms with E-state index in [1.165, 1.54) is 12.1 Å². The van der Waals surface area contributed by atoms with Crippen molar-refractivity contribution in [1.29, 1.82) is 0 Å². The van der Waals surface area contributed by atoms with Gasteiger partial charge in [-0.15, -0.1) is 0 Å². The summed E-state index contributed by atoms with van der Waals surface area (Å²) in [7, 11) is 0. The molecule has 6 nitrogen and oxygen atoms in total. The molecule has 0 bridgehead atoms. The zero-order chi connectivity index (χ0) is 19.8. The summed E-state index contributed by atoms with van der Waals surface area (Å²) in [5.74, 6) is -1.98. The smallest absolute Gasteiger partial charge is 0.308 e. The van der Waals surface area contributed by atoms with Gasteiger partial charge in [0.05, 0.1) is 11.6 Å². The third-order valence-corrected chi connectivity index (χ3v) is 6.00. The summed E-state index contributed by atoms with van der Waals surface area (Å²) in [5.41, 5.74) is 2.87. The van der Waals surface area contributed by atoms with Gasteiger partial charge in [-0.3, -0.25) is 9.59 Å². The van der Waals surface area contributed by atoms with Crippen molar-refractivity contribution in [3.8, 4) is 5.69 Å². The van der Waals surface area contributed by atoms with E-state index in [2.05, 4.69) is 5.10 Å². The molecule has 28 heavy (non-hydrogen) atoms.